The zero-order valence-corrected chi connectivity index (χ0v) is 9.89. The standard InChI is InChI=1S/C12H15FN4/c1-14-12(7-9-4-6-17(2)16-9)10-3-5-15-8-11(10)13/h3-6,8,12,14H,7H2,1-2H3. The van der Waals surface area contributed by atoms with Crippen LogP contribution in [0.5, 0.6) is 0 Å². The molecule has 5 heteroatoms. The molecule has 90 valence electrons. The highest BCUT2D eigenvalue weighted by Crippen LogP contribution is 2.19. The van der Waals surface area contributed by atoms with E-state index in [1.807, 2.05) is 26.4 Å². The van der Waals surface area contributed by atoms with Crippen molar-refractivity contribution >= 4 is 0 Å². The number of aryl methyl sites for hydroxylation is 1. The Morgan fingerprint density at radius 3 is 2.88 bits per heavy atom. The highest BCUT2D eigenvalue weighted by Gasteiger charge is 2.15. The van der Waals surface area contributed by atoms with Gasteiger partial charge < -0.3 is 5.32 Å². The zero-order valence-electron chi connectivity index (χ0n) is 9.89. The van der Waals surface area contributed by atoms with Gasteiger partial charge in [-0.05, 0) is 19.2 Å². The Labute approximate surface area is 99.5 Å². The summed E-state index contributed by atoms with van der Waals surface area (Å²) in [4.78, 5) is 3.75. The third-order valence-corrected chi connectivity index (χ3v) is 2.71. The number of likely N-dealkylation sites (N-methyl/N-ethyl adjacent to an activating group) is 1. The van der Waals surface area contributed by atoms with Crippen LogP contribution in [0.15, 0.2) is 30.7 Å². The predicted octanol–water partition coefficient (Wildman–Crippen LogP) is 1.46. The Morgan fingerprint density at radius 2 is 2.29 bits per heavy atom. The minimum absolute atomic E-state index is 0.0899. The number of hydrogen-bond acceptors (Lipinski definition) is 3. The lowest BCUT2D eigenvalue weighted by Gasteiger charge is -2.15. The van der Waals surface area contributed by atoms with E-state index in [0.717, 1.165) is 5.69 Å². The average Bonchev–Trinajstić information content (AvgIpc) is 2.73. The van der Waals surface area contributed by atoms with Gasteiger partial charge >= 0.3 is 0 Å². The van der Waals surface area contributed by atoms with Gasteiger partial charge in [-0.15, -0.1) is 0 Å². The first-order chi connectivity index (χ1) is 8.20. The quantitative estimate of drug-likeness (QED) is 0.870. The largest absolute Gasteiger partial charge is 0.313 e. The summed E-state index contributed by atoms with van der Waals surface area (Å²) in [5.74, 6) is -0.289. The minimum atomic E-state index is -0.289. The summed E-state index contributed by atoms with van der Waals surface area (Å²) in [6.07, 6.45) is 5.36. The number of rotatable bonds is 4. The Balaban J connectivity index is 2.20. The van der Waals surface area contributed by atoms with Gasteiger partial charge in [0, 0.05) is 37.5 Å². The van der Waals surface area contributed by atoms with Crippen molar-refractivity contribution in [3.05, 3.63) is 47.8 Å². The molecule has 2 aromatic rings. The summed E-state index contributed by atoms with van der Waals surface area (Å²) >= 11 is 0. The number of halogens is 1. The molecule has 0 aliphatic rings. The molecule has 17 heavy (non-hydrogen) atoms. The first-order valence-corrected chi connectivity index (χ1v) is 5.46. The molecule has 0 radical (unpaired) electrons. The lowest BCUT2D eigenvalue weighted by Crippen LogP contribution is -2.20. The van der Waals surface area contributed by atoms with Crippen molar-refractivity contribution in [2.45, 2.75) is 12.5 Å². The van der Waals surface area contributed by atoms with E-state index in [4.69, 9.17) is 0 Å². The third-order valence-electron chi connectivity index (χ3n) is 2.71. The smallest absolute Gasteiger partial charge is 0.146 e. The van der Waals surface area contributed by atoms with E-state index in [1.54, 1.807) is 16.9 Å². The molecule has 2 aromatic heterocycles. The summed E-state index contributed by atoms with van der Waals surface area (Å²) in [5, 5.41) is 7.39. The van der Waals surface area contributed by atoms with Gasteiger partial charge in [-0.2, -0.15) is 5.10 Å². The van der Waals surface area contributed by atoms with Crippen molar-refractivity contribution in [2.24, 2.45) is 7.05 Å². The molecular formula is C12H15FN4. The van der Waals surface area contributed by atoms with Crippen molar-refractivity contribution in [1.29, 1.82) is 0 Å². The molecule has 0 amide bonds. The van der Waals surface area contributed by atoms with Gasteiger partial charge in [0.05, 0.1) is 11.9 Å². The first-order valence-electron chi connectivity index (χ1n) is 5.46. The fraction of sp³-hybridized carbons (Fsp3) is 0.333. The molecular weight excluding hydrogens is 219 g/mol. The van der Waals surface area contributed by atoms with Crippen LogP contribution >= 0.6 is 0 Å². The summed E-state index contributed by atoms with van der Waals surface area (Å²) in [6, 6.07) is 3.54. The number of aromatic nitrogens is 3. The Hall–Kier alpha value is -1.75. The van der Waals surface area contributed by atoms with Gasteiger partial charge in [-0.3, -0.25) is 9.67 Å². The lowest BCUT2D eigenvalue weighted by molar-refractivity contribution is 0.524. The van der Waals surface area contributed by atoms with Crippen LogP contribution in [0.1, 0.15) is 17.3 Å². The van der Waals surface area contributed by atoms with Gasteiger partial charge in [0.15, 0.2) is 0 Å². The van der Waals surface area contributed by atoms with Crippen LogP contribution in [0.4, 0.5) is 4.39 Å². The average molecular weight is 234 g/mol. The Morgan fingerprint density at radius 1 is 1.47 bits per heavy atom. The molecule has 0 saturated carbocycles. The van der Waals surface area contributed by atoms with Crippen LogP contribution in [-0.4, -0.2) is 21.8 Å². The van der Waals surface area contributed by atoms with Crippen LogP contribution in [0.3, 0.4) is 0 Å². The molecule has 4 nitrogen and oxygen atoms in total. The second kappa shape index (κ2) is 5.05. The van der Waals surface area contributed by atoms with Gasteiger partial charge in [-0.1, -0.05) is 0 Å². The summed E-state index contributed by atoms with van der Waals surface area (Å²) in [6.45, 7) is 0. The minimum Gasteiger partial charge on any atom is -0.313 e. The second-order valence-corrected chi connectivity index (χ2v) is 3.92. The molecule has 2 heterocycles. The lowest BCUT2D eigenvalue weighted by atomic mass is 10.0. The highest BCUT2D eigenvalue weighted by atomic mass is 19.1. The molecule has 1 N–H and O–H groups in total. The maximum Gasteiger partial charge on any atom is 0.146 e. The molecule has 0 aliphatic carbocycles. The second-order valence-electron chi connectivity index (χ2n) is 3.92. The van der Waals surface area contributed by atoms with Crippen LogP contribution in [0.25, 0.3) is 0 Å². The van der Waals surface area contributed by atoms with E-state index in [9.17, 15) is 4.39 Å². The number of hydrogen-bond donors (Lipinski definition) is 1. The highest BCUT2D eigenvalue weighted by molar-refractivity contribution is 5.19. The number of pyridine rings is 1. The molecule has 0 saturated heterocycles. The van der Waals surface area contributed by atoms with Gasteiger partial charge in [0.25, 0.3) is 0 Å². The predicted molar refractivity (Wildman–Crippen MR) is 62.9 cm³/mol. The fourth-order valence-electron chi connectivity index (χ4n) is 1.82. The zero-order chi connectivity index (χ0) is 12.3. The van der Waals surface area contributed by atoms with Gasteiger partial charge in [0.2, 0.25) is 0 Å². The van der Waals surface area contributed by atoms with E-state index in [1.165, 1.54) is 6.20 Å². The van der Waals surface area contributed by atoms with Gasteiger partial charge in [-0.25, -0.2) is 4.39 Å². The topological polar surface area (TPSA) is 42.7 Å². The van der Waals surface area contributed by atoms with Crippen LogP contribution in [0.2, 0.25) is 0 Å². The molecule has 0 bridgehead atoms. The maximum atomic E-state index is 13.6. The number of nitrogens with zero attached hydrogens (tertiary/aromatic N) is 3. The van der Waals surface area contributed by atoms with Crippen LogP contribution in [-0.2, 0) is 13.5 Å². The van der Waals surface area contributed by atoms with Crippen molar-refractivity contribution in [2.75, 3.05) is 7.05 Å². The van der Waals surface area contributed by atoms with E-state index in [0.29, 0.717) is 12.0 Å². The van der Waals surface area contributed by atoms with E-state index < -0.39 is 0 Å². The Kier molecular flexibility index (Phi) is 3.49. The van der Waals surface area contributed by atoms with Gasteiger partial charge in [0.1, 0.15) is 5.82 Å². The van der Waals surface area contributed by atoms with E-state index in [-0.39, 0.29) is 11.9 Å². The molecule has 1 atom stereocenters. The van der Waals surface area contributed by atoms with Crippen LogP contribution < -0.4 is 5.32 Å². The molecule has 0 fully saturated rings. The first kappa shape index (κ1) is 11.7. The summed E-state index contributed by atoms with van der Waals surface area (Å²) in [5.41, 5.74) is 1.55. The molecule has 0 aromatic carbocycles. The normalized spacial score (nSPS) is 12.6. The SMILES string of the molecule is CNC(Cc1ccn(C)n1)c1ccncc1F. The monoisotopic (exact) mass is 234 g/mol. The summed E-state index contributed by atoms with van der Waals surface area (Å²) < 4.78 is 15.3. The maximum absolute atomic E-state index is 13.6. The van der Waals surface area contributed by atoms with E-state index in [2.05, 4.69) is 15.4 Å². The third kappa shape index (κ3) is 2.68. The number of nitrogens with one attached hydrogen (secondary N) is 1. The summed E-state index contributed by atoms with van der Waals surface area (Å²) in [7, 11) is 3.68. The fourth-order valence-corrected chi connectivity index (χ4v) is 1.82. The van der Waals surface area contributed by atoms with Crippen LogP contribution in [0, 0.1) is 5.82 Å². The molecule has 0 aliphatic heterocycles. The molecule has 0 spiro atoms. The van der Waals surface area contributed by atoms with E-state index >= 15 is 0 Å². The molecule has 2 rings (SSSR count). The van der Waals surface area contributed by atoms with Crippen molar-refractivity contribution in [3.63, 3.8) is 0 Å². The van der Waals surface area contributed by atoms with Crippen molar-refractivity contribution < 1.29 is 4.39 Å². The molecule has 1 unspecified atom stereocenters. The van der Waals surface area contributed by atoms with Crippen molar-refractivity contribution in [3.8, 4) is 0 Å². The Bertz CT molecular complexity index is 495. The van der Waals surface area contributed by atoms with Crippen molar-refractivity contribution in [1.82, 2.24) is 20.1 Å².